The molecule has 6 nitrogen and oxygen atoms in total. The number of benzene rings is 2. The third kappa shape index (κ3) is 5.38. The zero-order valence-corrected chi connectivity index (χ0v) is 18.5. The molecule has 172 valence electrons. The van der Waals surface area contributed by atoms with Crippen molar-refractivity contribution in [3.8, 4) is 11.1 Å². The maximum absolute atomic E-state index is 14.6. The molecule has 1 aliphatic heterocycles. The smallest absolute Gasteiger partial charge is 0.244 e. The maximum atomic E-state index is 14.6. The van der Waals surface area contributed by atoms with Gasteiger partial charge < -0.3 is 16.8 Å². The molecule has 4 rings (SSSR count). The summed E-state index contributed by atoms with van der Waals surface area (Å²) < 4.78 is 14.6. The molecule has 5 N–H and O–H groups in total. The quantitative estimate of drug-likeness (QED) is 0.605. The molecule has 0 aromatic heterocycles. The molecule has 1 atom stereocenters. The lowest BCUT2D eigenvalue weighted by Crippen LogP contribution is -2.42. The normalized spacial score (nSPS) is 20.9. The van der Waals surface area contributed by atoms with Crippen LogP contribution in [-0.2, 0) is 22.6 Å². The van der Waals surface area contributed by atoms with Gasteiger partial charge in [0.2, 0.25) is 11.8 Å². The Morgan fingerprint density at radius 1 is 1.03 bits per heavy atom. The lowest BCUT2D eigenvalue weighted by atomic mass is 9.73. The number of hydrogen-bond donors (Lipinski definition) is 3. The summed E-state index contributed by atoms with van der Waals surface area (Å²) in [7, 11) is 0. The average Bonchev–Trinajstić information content (AvgIpc) is 2.79. The van der Waals surface area contributed by atoms with E-state index in [1.54, 1.807) is 18.2 Å². The van der Waals surface area contributed by atoms with Crippen molar-refractivity contribution in [1.29, 1.82) is 0 Å². The van der Waals surface area contributed by atoms with Crippen molar-refractivity contribution in [3.63, 3.8) is 0 Å². The first-order chi connectivity index (χ1) is 15.8. The minimum absolute atomic E-state index is 0.0974. The molecule has 1 fully saturated rings. The predicted octanol–water partition coefficient (Wildman–Crippen LogP) is 2.28. The zero-order chi connectivity index (χ0) is 23.4. The molecule has 33 heavy (non-hydrogen) atoms. The van der Waals surface area contributed by atoms with Gasteiger partial charge in [-0.15, -0.1) is 0 Å². The Bertz CT molecular complexity index is 1120. The van der Waals surface area contributed by atoms with E-state index < -0.39 is 17.2 Å². The van der Waals surface area contributed by atoms with Crippen LogP contribution in [0.25, 0.3) is 11.1 Å². The largest absolute Gasteiger partial charge is 0.369 e. The van der Waals surface area contributed by atoms with Crippen LogP contribution >= 0.6 is 0 Å². The van der Waals surface area contributed by atoms with E-state index >= 15 is 0 Å². The van der Waals surface area contributed by atoms with Gasteiger partial charge in [-0.1, -0.05) is 42.5 Å². The van der Waals surface area contributed by atoms with Crippen LogP contribution in [0.4, 0.5) is 4.39 Å². The van der Waals surface area contributed by atoms with E-state index in [9.17, 15) is 14.0 Å². The standard InChI is InChI=1S/C26H29FN4O2/c27-23-13-19(15-26(25(29)33)6-2-5-21(16-26)24(28)32)12-22(14-23)20-4-1-3-18(11-20)17-31-9-7-30-8-10-31/h1-6,11-14,30H,7-10,15-17H2,(H2,28,32)(H2,29,33). The van der Waals surface area contributed by atoms with Crippen molar-refractivity contribution < 1.29 is 14.0 Å². The number of carbonyl (C=O) groups excluding carboxylic acids is 2. The number of halogens is 1. The predicted molar refractivity (Wildman–Crippen MR) is 126 cm³/mol. The van der Waals surface area contributed by atoms with Crippen molar-refractivity contribution in [3.05, 3.63) is 83.2 Å². The van der Waals surface area contributed by atoms with Gasteiger partial charge in [-0.25, -0.2) is 4.39 Å². The number of nitrogens with zero attached hydrogens (tertiary/aromatic N) is 1. The molecular formula is C26H29FN4O2. The number of primary amides is 2. The van der Waals surface area contributed by atoms with Gasteiger partial charge in [-0.2, -0.15) is 0 Å². The summed E-state index contributed by atoms with van der Waals surface area (Å²) in [5.41, 5.74) is 13.8. The number of nitrogens with one attached hydrogen (secondary N) is 1. The van der Waals surface area contributed by atoms with Gasteiger partial charge in [0.1, 0.15) is 5.82 Å². The number of carbonyl (C=O) groups is 2. The third-order valence-corrected chi connectivity index (χ3v) is 6.38. The molecule has 1 heterocycles. The molecule has 0 radical (unpaired) electrons. The topological polar surface area (TPSA) is 101 Å². The fourth-order valence-corrected chi connectivity index (χ4v) is 4.61. The molecule has 2 amide bonds. The van der Waals surface area contributed by atoms with E-state index in [1.807, 2.05) is 18.2 Å². The number of hydrogen-bond acceptors (Lipinski definition) is 4. The highest BCUT2D eigenvalue weighted by molar-refractivity contribution is 5.95. The molecule has 1 aliphatic carbocycles. The van der Waals surface area contributed by atoms with Gasteiger partial charge in [-0.3, -0.25) is 14.5 Å². The lowest BCUT2D eigenvalue weighted by molar-refractivity contribution is -0.125. The van der Waals surface area contributed by atoms with Crippen LogP contribution < -0.4 is 16.8 Å². The lowest BCUT2D eigenvalue weighted by Gasteiger charge is -2.30. The van der Waals surface area contributed by atoms with E-state index in [0.29, 0.717) is 11.1 Å². The number of amides is 2. The highest BCUT2D eigenvalue weighted by Crippen LogP contribution is 2.36. The second-order valence-electron chi connectivity index (χ2n) is 8.86. The molecule has 0 saturated carbocycles. The van der Waals surface area contributed by atoms with Gasteiger partial charge >= 0.3 is 0 Å². The highest BCUT2D eigenvalue weighted by atomic mass is 19.1. The second kappa shape index (κ2) is 9.68. The van der Waals surface area contributed by atoms with Crippen LogP contribution in [0.15, 0.2) is 66.3 Å². The Hall–Kier alpha value is -3.29. The first kappa shape index (κ1) is 22.9. The first-order valence-electron chi connectivity index (χ1n) is 11.1. The number of nitrogens with two attached hydrogens (primary N) is 2. The van der Waals surface area contributed by atoms with Crippen LogP contribution in [0, 0.1) is 11.2 Å². The Labute approximate surface area is 193 Å². The molecule has 2 aromatic carbocycles. The van der Waals surface area contributed by atoms with Gasteiger partial charge in [0.15, 0.2) is 0 Å². The summed E-state index contributed by atoms with van der Waals surface area (Å²) in [6.45, 7) is 4.80. The van der Waals surface area contributed by atoms with E-state index in [-0.39, 0.29) is 18.7 Å². The fraction of sp³-hybridized carbons (Fsp3) is 0.308. The molecule has 2 aromatic rings. The highest BCUT2D eigenvalue weighted by Gasteiger charge is 2.37. The van der Waals surface area contributed by atoms with Crippen molar-refractivity contribution in [2.24, 2.45) is 16.9 Å². The molecule has 1 saturated heterocycles. The minimum Gasteiger partial charge on any atom is -0.369 e. The Kier molecular flexibility index (Phi) is 6.72. The average molecular weight is 449 g/mol. The number of rotatable bonds is 7. The van der Waals surface area contributed by atoms with E-state index in [0.717, 1.165) is 43.9 Å². The van der Waals surface area contributed by atoms with Crippen LogP contribution in [0.3, 0.4) is 0 Å². The molecule has 0 bridgehead atoms. The maximum Gasteiger partial charge on any atom is 0.244 e. The molecule has 1 unspecified atom stereocenters. The van der Waals surface area contributed by atoms with E-state index in [1.165, 1.54) is 17.7 Å². The van der Waals surface area contributed by atoms with Crippen LogP contribution in [0.1, 0.15) is 17.5 Å². The van der Waals surface area contributed by atoms with Crippen molar-refractivity contribution in [2.75, 3.05) is 26.2 Å². The summed E-state index contributed by atoms with van der Waals surface area (Å²) in [6, 6.07) is 12.9. The summed E-state index contributed by atoms with van der Waals surface area (Å²) in [4.78, 5) is 26.5. The zero-order valence-electron chi connectivity index (χ0n) is 18.5. The van der Waals surface area contributed by atoms with Crippen molar-refractivity contribution in [1.82, 2.24) is 10.2 Å². The number of allylic oxidation sites excluding steroid dienone is 2. The van der Waals surface area contributed by atoms with Crippen LogP contribution in [-0.4, -0.2) is 42.9 Å². The molecule has 0 spiro atoms. The van der Waals surface area contributed by atoms with Gasteiger partial charge in [0, 0.05) is 38.3 Å². The van der Waals surface area contributed by atoms with Crippen LogP contribution in [0.2, 0.25) is 0 Å². The Morgan fingerprint density at radius 3 is 2.52 bits per heavy atom. The monoisotopic (exact) mass is 448 g/mol. The third-order valence-electron chi connectivity index (χ3n) is 6.38. The minimum atomic E-state index is -1.13. The molecule has 7 heteroatoms. The fourth-order valence-electron chi connectivity index (χ4n) is 4.61. The summed E-state index contributed by atoms with van der Waals surface area (Å²) in [5.74, 6) is -1.55. The first-order valence-corrected chi connectivity index (χ1v) is 11.1. The van der Waals surface area contributed by atoms with Crippen LogP contribution in [0.5, 0.6) is 0 Å². The van der Waals surface area contributed by atoms with E-state index in [4.69, 9.17) is 11.5 Å². The van der Waals surface area contributed by atoms with Gasteiger partial charge in [0.25, 0.3) is 0 Å². The van der Waals surface area contributed by atoms with Crippen molar-refractivity contribution >= 4 is 11.8 Å². The Morgan fingerprint density at radius 2 is 1.79 bits per heavy atom. The number of piperazine rings is 1. The van der Waals surface area contributed by atoms with Gasteiger partial charge in [0.05, 0.1) is 5.41 Å². The summed E-state index contributed by atoms with van der Waals surface area (Å²) >= 11 is 0. The molecule has 2 aliphatic rings. The van der Waals surface area contributed by atoms with Crippen molar-refractivity contribution in [2.45, 2.75) is 19.4 Å². The Balaban J connectivity index is 1.60. The molecular weight excluding hydrogens is 419 g/mol. The summed E-state index contributed by atoms with van der Waals surface area (Å²) in [5, 5.41) is 3.35. The van der Waals surface area contributed by atoms with Gasteiger partial charge in [-0.05, 0) is 53.3 Å². The summed E-state index contributed by atoms with van der Waals surface area (Å²) in [6.07, 6.45) is 5.16. The van der Waals surface area contributed by atoms with E-state index in [2.05, 4.69) is 22.3 Å². The second-order valence-corrected chi connectivity index (χ2v) is 8.86. The SMILES string of the molecule is NC(=O)C1=CC=CC(Cc2cc(F)cc(-c3cccc(CN4CCNCC4)c3)c2)(C(N)=O)C1.